The zero-order valence-electron chi connectivity index (χ0n) is 12.6. The van der Waals surface area contributed by atoms with Gasteiger partial charge in [0.15, 0.2) is 5.76 Å². The Bertz CT molecular complexity index is 647. The first-order valence-electron chi connectivity index (χ1n) is 7.10. The molecule has 1 amide bonds. The molecule has 22 heavy (non-hydrogen) atoms. The van der Waals surface area contributed by atoms with Crippen molar-refractivity contribution in [2.45, 2.75) is 13.8 Å². The van der Waals surface area contributed by atoms with Gasteiger partial charge < -0.3 is 14.4 Å². The van der Waals surface area contributed by atoms with E-state index >= 15 is 0 Å². The number of aromatic hydroxyl groups is 1. The van der Waals surface area contributed by atoms with Gasteiger partial charge in [-0.15, -0.1) is 0 Å². The summed E-state index contributed by atoms with van der Waals surface area (Å²) >= 11 is 0. The summed E-state index contributed by atoms with van der Waals surface area (Å²) in [6.07, 6.45) is 2.80. The number of nitrogens with one attached hydrogen (secondary N) is 1. The molecule has 1 aromatic heterocycles. The minimum Gasteiger partial charge on any atom is -0.507 e. The van der Waals surface area contributed by atoms with Crippen molar-refractivity contribution in [1.82, 2.24) is 5.43 Å². The molecule has 0 radical (unpaired) electrons. The summed E-state index contributed by atoms with van der Waals surface area (Å²) in [5, 5.41) is 13.8. The minimum atomic E-state index is -0.444. The molecule has 2 N–H and O–H groups in total. The fourth-order valence-corrected chi connectivity index (χ4v) is 2.05. The van der Waals surface area contributed by atoms with Crippen molar-refractivity contribution in [2.75, 3.05) is 18.0 Å². The molecule has 1 heterocycles. The SMILES string of the molecule is CCN(CC)c1ccc(C=NNC(=O)c2ccco2)c(O)c1. The smallest absolute Gasteiger partial charge is 0.307 e. The maximum atomic E-state index is 11.6. The van der Waals surface area contributed by atoms with E-state index in [9.17, 15) is 9.90 Å². The first kappa shape index (κ1) is 15.6. The lowest BCUT2D eigenvalue weighted by atomic mass is 10.2. The number of hydrogen-bond acceptors (Lipinski definition) is 5. The summed E-state index contributed by atoms with van der Waals surface area (Å²) in [6.45, 7) is 5.84. The molecule has 116 valence electrons. The molecule has 2 rings (SSSR count). The predicted octanol–water partition coefficient (Wildman–Crippen LogP) is 2.60. The van der Waals surface area contributed by atoms with Crippen molar-refractivity contribution in [2.24, 2.45) is 5.10 Å². The normalized spacial score (nSPS) is 10.8. The molecule has 6 heteroatoms. The average Bonchev–Trinajstić information content (AvgIpc) is 3.05. The highest BCUT2D eigenvalue weighted by Gasteiger charge is 2.07. The van der Waals surface area contributed by atoms with E-state index < -0.39 is 5.91 Å². The molecule has 6 nitrogen and oxygen atoms in total. The second kappa shape index (κ2) is 7.31. The molecule has 0 aliphatic heterocycles. The van der Waals surface area contributed by atoms with E-state index in [1.165, 1.54) is 12.5 Å². The predicted molar refractivity (Wildman–Crippen MR) is 85.4 cm³/mol. The number of phenols is 1. The van der Waals surface area contributed by atoms with E-state index in [-0.39, 0.29) is 11.5 Å². The third kappa shape index (κ3) is 3.66. The molecule has 0 atom stereocenters. The van der Waals surface area contributed by atoms with E-state index in [4.69, 9.17) is 4.42 Å². The van der Waals surface area contributed by atoms with Crippen LogP contribution in [0.15, 0.2) is 46.1 Å². The Morgan fingerprint density at radius 3 is 2.73 bits per heavy atom. The molecule has 0 aliphatic carbocycles. The van der Waals surface area contributed by atoms with Gasteiger partial charge in [-0.05, 0) is 38.1 Å². The number of amides is 1. The van der Waals surface area contributed by atoms with E-state index in [0.29, 0.717) is 5.56 Å². The first-order chi connectivity index (χ1) is 10.7. The second-order valence-corrected chi connectivity index (χ2v) is 4.59. The number of furan rings is 1. The number of rotatable bonds is 6. The quantitative estimate of drug-likeness (QED) is 0.635. The monoisotopic (exact) mass is 301 g/mol. The minimum absolute atomic E-state index is 0.111. The van der Waals surface area contributed by atoms with Gasteiger partial charge in [0.05, 0.1) is 12.5 Å². The van der Waals surface area contributed by atoms with E-state index in [2.05, 4.69) is 29.3 Å². The van der Waals surface area contributed by atoms with Crippen molar-refractivity contribution >= 4 is 17.8 Å². The van der Waals surface area contributed by atoms with Crippen LogP contribution in [0.2, 0.25) is 0 Å². The Morgan fingerprint density at radius 2 is 2.14 bits per heavy atom. The number of phenolic OH excluding ortho intramolecular Hbond substituents is 1. The summed E-state index contributed by atoms with van der Waals surface area (Å²) in [4.78, 5) is 13.7. The summed E-state index contributed by atoms with van der Waals surface area (Å²) in [5.74, 6) is -0.154. The lowest BCUT2D eigenvalue weighted by Crippen LogP contribution is -2.21. The highest BCUT2D eigenvalue weighted by atomic mass is 16.3. The molecule has 0 aliphatic rings. The zero-order valence-corrected chi connectivity index (χ0v) is 12.6. The number of hydrazone groups is 1. The van der Waals surface area contributed by atoms with Gasteiger partial charge in [-0.3, -0.25) is 4.79 Å². The van der Waals surface area contributed by atoms with E-state index in [1.54, 1.807) is 24.3 Å². The van der Waals surface area contributed by atoms with Crippen molar-refractivity contribution in [1.29, 1.82) is 0 Å². The number of nitrogens with zero attached hydrogens (tertiary/aromatic N) is 2. The van der Waals surface area contributed by atoms with Gasteiger partial charge >= 0.3 is 5.91 Å². The van der Waals surface area contributed by atoms with Gasteiger partial charge in [0, 0.05) is 30.4 Å². The fraction of sp³-hybridized carbons (Fsp3) is 0.250. The molecule has 0 unspecified atom stereocenters. The average molecular weight is 301 g/mol. The third-order valence-corrected chi connectivity index (χ3v) is 3.26. The third-order valence-electron chi connectivity index (χ3n) is 3.26. The van der Waals surface area contributed by atoms with Crippen LogP contribution in [0.25, 0.3) is 0 Å². The number of benzene rings is 1. The van der Waals surface area contributed by atoms with Crippen LogP contribution in [0.3, 0.4) is 0 Å². The Kier molecular flexibility index (Phi) is 5.19. The molecular formula is C16H19N3O3. The van der Waals surface area contributed by atoms with Gasteiger partial charge in [-0.25, -0.2) is 5.43 Å². The summed E-state index contributed by atoms with van der Waals surface area (Å²) in [7, 11) is 0. The number of carbonyl (C=O) groups excluding carboxylic acids is 1. The van der Waals surface area contributed by atoms with Gasteiger partial charge in [-0.1, -0.05) is 0 Å². The molecule has 0 fully saturated rings. The number of hydrogen-bond donors (Lipinski definition) is 2. The number of anilines is 1. The Morgan fingerprint density at radius 1 is 1.36 bits per heavy atom. The van der Waals surface area contributed by atoms with Gasteiger partial charge in [0.2, 0.25) is 0 Å². The van der Waals surface area contributed by atoms with Gasteiger partial charge in [0.1, 0.15) is 5.75 Å². The largest absolute Gasteiger partial charge is 0.507 e. The van der Waals surface area contributed by atoms with Crippen LogP contribution in [0.4, 0.5) is 5.69 Å². The molecule has 0 bridgehead atoms. The van der Waals surface area contributed by atoms with E-state index in [0.717, 1.165) is 18.8 Å². The Balaban J connectivity index is 2.04. The summed E-state index contributed by atoms with van der Waals surface area (Å²) in [5.41, 5.74) is 3.80. The van der Waals surface area contributed by atoms with Crippen molar-refractivity contribution in [3.05, 3.63) is 47.9 Å². The number of carbonyl (C=O) groups is 1. The standard InChI is InChI=1S/C16H19N3O3/c1-3-19(4-2)13-8-7-12(14(20)10-13)11-17-18-16(21)15-6-5-9-22-15/h5-11,20H,3-4H2,1-2H3,(H,18,21). The topological polar surface area (TPSA) is 78.1 Å². The first-order valence-corrected chi connectivity index (χ1v) is 7.10. The highest BCUT2D eigenvalue weighted by molar-refractivity contribution is 5.92. The summed E-state index contributed by atoms with van der Waals surface area (Å²) in [6, 6.07) is 8.51. The lowest BCUT2D eigenvalue weighted by Gasteiger charge is -2.21. The van der Waals surface area contributed by atoms with Crippen molar-refractivity contribution in [3.8, 4) is 5.75 Å². The van der Waals surface area contributed by atoms with Crippen LogP contribution < -0.4 is 10.3 Å². The van der Waals surface area contributed by atoms with Crippen LogP contribution in [0.5, 0.6) is 5.75 Å². The zero-order chi connectivity index (χ0) is 15.9. The molecule has 0 saturated heterocycles. The van der Waals surface area contributed by atoms with Crippen LogP contribution in [-0.4, -0.2) is 30.3 Å². The summed E-state index contributed by atoms with van der Waals surface area (Å²) < 4.78 is 4.95. The van der Waals surface area contributed by atoms with Crippen LogP contribution in [-0.2, 0) is 0 Å². The maximum absolute atomic E-state index is 11.6. The highest BCUT2D eigenvalue weighted by Crippen LogP contribution is 2.23. The molecule has 0 saturated carbocycles. The van der Waals surface area contributed by atoms with E-state index in [1.807, 2.05) is 6.07 Å². The Hall–Kier alpha value is -2.76. The maximum Gasteiger partial charge on any atom is 0.307 e. The molecule has 2 aromatic rings. The molecule has 0 spiro atoms. The molecular weight excluding hydrogens is 282 g/mol. The van der Waals surface area contributed by atoms with Gasteiger partial charge in [-0.2, -0.15) is 5.10 Å². The molecule has 1 aromatic carbocycles. The second-order valence-electron chi connectivity index (χ2n) is 4.59. The Labute approximate surface area is 129 Å². The van der Waals surface area contributed by atoms with Crippen molar-refractivity contribution < 1.29 is 14.3 Å². The lowest BCUT2D eigenvalue weighted by molar-refractivity contribution is 0.0927. The van der Waals surface area contributed by atoms with Crippen molar-refractivity contribution in [3.63, 3.8) is 0 Å². The fourth-order valence-electron chi connectivity index (χ4n) is 2.05. The van der Waals surface area contributed by atoms with Gasteiger partial charge in [0.25, 0.3) is 0 Å². The van der Waals surface area contributed by atoms with Crippen LogP contribution in [0, 0.1) is 0 Å². The van der Waals surface area contributed by atoms with Crippen LogP contribution >= 0.6 is 0 Å². The van der Waals surface area contributed by atoms with Crippen LogP contribution in [0.1, 0.15) is 30.0 Å².